The number of nitrogens with two attached hydrogens (primary N) is 1. The second kappa shape index (κ2) is 8.38. The highest BCUT2D eigenvalue weighted by Crippen LogP contribution is 2.15. The fraction of sp³-hybridized carbons (Fsp3) is 0.300. The predicted molar refractivity (Wildman–Crippen MR) is 106 cm³/mol. The molecule has 0 bridgehead atoms. The highest BCUT2D eigenvalue weighted by Gasteiger charge is 2.17. The Morgan fingerprint density at radius 1 is 1.08 bits per heavy atom. The van der Waals surface area contributed by atoms with E-state index in [1.54, 1.807) is 0 Å². The first-order valence-electron chi connectivity index (χ1n) is 8.88. The fourth-order valence-electron chi connectivity index (χ4n) is 2.96. The van der Waals surface area contributed by atoms with Gasteiger partial charge in [0, 0.05) is 24.5 Å². The molecular formula is C20H25N5O. The average molecular weight is 351 g/mol. The molecule has 2 amide bonds. The van der Waals surface area contributed by atoms with E-state index in [0.29, 0.717) is 12.5 Å². The summed E-state index contributed by atoms with van der Waals surface area (Å²) in [5.41, 5.74) is 9.80. The van der Waals surface area contributed by atoms with Crippen LogP contribution in [0, 0.1) is 6.92 Å². The van der Waals surface area contributed by atoms with Gasteiger partial charge in [0.1, 0.15) is 0 Å². The van der Waals surface area contributed by atoms with Gasteiger partial charge in [0.2, 0.25) is 0 Å². The van der Waals surface area contributed by atoms with Crippen LogP contribution in [-0.4, -0.2) is 30.0 Å². The molecule has 1 aliphatic heterocycles. The maximum atomic E-state index is 12.2. The van der Waals surface area contributed by atoms with Crippen LogP contribution in [0.15, 0.2) is 53.5 Å². The highest BCUT2D eigenvalue weighted by atomic mass is 16.2. The summed E-state index contributed by atoms with van der Waals surface area (Å²) < 4.78 is 0. The van der Waals surface area contributed by atoms with Crippen LogP contribution in [0.5, 0.6) is 0 Å². The van der Waals surface area contributed by atoms with Crippen LogP contribution in [0.2, 0.25) is 0 Å². The number of carbonyl (C=O) groups is 1. The summed E-state index contributed by atoms with van der Waals surface area (Å²) in [7, 11) is 0. The van der Waals surface area contributed by atoms with Crippen LogP contribution < -0.4 is 16.4 Å². The number of nitrogens with zero attached hydrogens (tertiary/aromatic N) is 2. The fourth-order valence-corrected chi connectivity index (χ4v) is 2.96. The Kier molecular flexibility index (Phi) is 5.73. The number of carbonyl (C=O) groups excluding carboxylic acids is 1. The molecule has 0 unspecified atom stereocenters. The quantitative estimate of drug-likeness (QED) is 0.582. The lowest BCUT2D eigenvalue weighted by molar-refractivity contribution is 0.222. The zero-order valence-corrected chi connectivity index (χ0v) is 15.0. The van der Waals surface area contributed by atoms with Crippen molar-refractivity contribution in [3.05, 3.63) is 59.7 Å². The minimum absolute atomic E-state index is 0.0382. The standard InChI is InChI=1S/C20H25N5O/c1-15-6-4-8-17(12-15)23-19(21)22-14-16-7-5-9-18(13-16)24-20(26)25-10-2-3-11-25/h4-9,12-13H,2-3,10-11,14H2,1H3,(H,24,26)(H3,21,22,23). The minimum atomic E-state index is -0.0382. The van der Waals surface area contributed by atoms with Crippen LogP contribution in [0.25, 0.3) is 0 Å². The van der Waals surface area contributed by atoms with E-state index in [2.05, 4.69) is 15.6 Å². The molecule has 0 radical (unpaired) electrons. The number of guanidine groups is 1. The Bertz CT molecular complexity index is 796. The third kappa shape index (κ3) is 4.99. The van der Waals surface area contributed by atoms with E-state index in [1.807, 2.05) is 60.4 Å². The number of urea groups is 1. The number of benzene rings is 2. The zero-order chi connectivity index (χ0) is 18.4. The lowest BCUT2D eigenvalue weighted by Gasteiger charge is -2.16. The van der Waals surface area contributed by atoms with Crippen molar-refractivity contribution >= 4 is 23.4 Å². The van der Waals surface area contributed by atoms with Crippen molar-refractivity contribution in [1.82, 2.24) is 4.90 Å². The molecule has 0 saturated carbocycles. The summed E-state index contributed by atoms with van der Waals surface area (Å²) in [5.74, 6) is 0.363. The summed E-state index contributed by atoms with van der Waals surface area (Å²) in [6.07, 6.45) is 2.16. The van der Waals surface area contributed by atoms with Gasteiger partial charge < -0.3 is 21.3 Å². The second-order valence-electron chi connectivity index (χ2n) is 6.52. The number of amides is 2. The minimum Gasteiger partial charge on any atom is -0.370 e. The molecule has 1 fully saturated rings. The normalized spacial score (nSPS) is 14.3. The Morgan fingerprint density at radius 2 is 1.77 bits per heavy atom. The van der Waals surface area contributed by atoms with E-state index in [1.165, 1.54) is 0 Å². The molecule has 1 aliphatic rings. The monoisotopic (exact) mass is 351 g/mol. The maximum Gasteiger partial charge on any atom is 0.321 e. The lowest BCUT2D eigenvalue weighted by Crippen LogP contribution is -2.32. The van der Waals surface area contributed by atoms with Crippen molar-refractivity contribution in [2.24, 2.45) is 10.7 Å². The highest BCUT2D eigenvalue weighted by molar-refractivity contribution is 5.92. The molecule has 3 rings (SSSR count). The van der Waals surface area contributed by atoms with Crippen LogP contribution in [0.4, 0.5) is 16.2 Å². The molecule has 0 atom stereocenters. The van der Waals surface area contributed by atoms with E-state index in [4.69, 9.17) is 5.73 Å². The van der Waals surface area contributed by atoms with Crippen molar-refractivity contribution in [2.45, 2.75) is 26.3 Å². The first-order chi connectivity index (χ1) is 12.6. The smallest absolute Gasteiger partial charge is 0.321 e. The molecule has 1 saturated heterocycles. The van der Waals surface area contributed by atoms with Gasteiger partial charge in [-0.3, -0.25) is 0 Å². The molecule has 6 nitrogen and oxygen atoms in total. The number of aryl methyl sites for hydroxylation is 1. The van der Waals surface area contributed by atoms with E-state index < -0.39 is 0 Å². The number of rotatable bonds is 4. The largest absolute Gasteiger partial charge is 0.370 e. The number of hydrogen-bond donors (Lipinski definition) is 3. The number of anilines is 2. The van der Waals surface area contributed by atoms with Gasteiger partial charge in [-0.1, -0.05) is 24.3 Å². The third-order valence-corrected chi connectivity index (χ3v) is 4.29. The number of nitrogens with one attached hydrogen (secondary N) is 2. The van der Waals surface area contributed by atoms with Gasteiger partial charge >= 0.3 is 6.03 Å². The summed E-state index contributed by atoms with van der Waals surface area (Å²) in [5, 5.41) is 6.04. The summed E-state index contributed by atoms with van der Waals surface area (Å²) in [6.45, 7) is 4.13. The van der Waals surface area contributed by atoms with Gasteiger partial charge in [-0.15, -0.1) is 0 Å². The number of hydrogen-bond acceptors (Lipinski definition) is 2. The van der Waals surface area contributed by atoms with E-state index in [-0.39, 0.29) is 6.03 Å². The lowest BCUT2D eigenvalue weighted by atomic mass is 10.2. The Hall–Kier alpha value is -3.02. The molecule has 26 heavy (non-hydrogen) atoms. The van der Waals surface area contributed by atoms with Crippen molar-refractivity contribution in [3.63, 3.8) is 0 Å². The van der Waals surface area contributed by atoms with Crippen molar-refractivity contribution in [2.75, 3.05) is 23.7 Å². The van der Waals surface area contributed by atoms with E-state index in [9.17, 15) is 4.79 Å². The van der Waals surface area contributed by atoms with Gasteiger partial charge in [0.15, 0.2) is 5.96 Å². The SMILES string of the molecule is Cc1cccc(NC(N)=NCc2cccc(NC(=O)N3CCCC3)c2)c1. The summed E-state index contributed by atoms with van der Waals surface area (Å²) in [6, 6.07) is 15.6. The topological polar surface area (TPSA) is 82.7 Å². The maximum absolute atomic E-state index is 12.2. The van der Waals surface area contributed by atoms with Crippen molar-refractivity contribution in [1.29, 1.82) is 0 Å². The van der Waals surface area contributed by atoms with Crippen molar-refractivity contribution in [3.8, 4) is 0 Å². The zero-order valence-electron chi connectivity index (χ0n) is 15.0. The average Bonchev–Trinajstić information content (AvgIpc) is 3.15. The van der Waals surface area contributed by atoms with Crippen LogP contribution in [0.1, 0.15) is 24.0 Å². The predicted octanol–water partition coefficient (Wildman–Crippen LogP) is 3.55. The Labute approximate surface area is 154 Å². The van der Waals surface area contributed by atoms with Crippen LogP contribution >= 0.6 is 0 Å². The molecule has 2 aromatic rings. The van der Waals surface area contributed by atoms with Crippen molar-refractivity contribution < 1.29 is 4.79 Å². The van der Waals surface area contributed by atoms with E-state index in [0.717, 1.165) is 48.4 Å². The van der Waals surface area contributed by atoms with Crippen LogP contribution in [0.3, 0.4) is 0 Å². The van der Waals surface area contributed by atoms with Gasteiger partial charge in [-0.25, -0.2) is 9.79 Å². The summed E-state index contributed by atoms with van der Waals surface area (Å²) >= 11 is 0. The molecule has 136 valence electrons. The molecular weight excluding hydrogens is 326 g/mol. The Balaban J connectivity index is 1.58. The van der Waals surface area contributed by atoms with Gasteiger partial charge in [0.25, 0.3) is 0 Å². The molecule has 0 spiro atoms. The number of aliphatic imine (C=N–C) groups is 1. The van der Waals surface area contributed by atoms with Gasteiger partial charge in [-0.2, -0.15) is 0 Å². The van der Waals surface area contributed by atoms with Crippen LogP contribution in [-0.2, 0) is 6.54 Å². The van der Waals surface area contributed by atoms with E-state index >= 15 is 0 Å². The molecule has 0 aliphatic carbocycles. The van der Waals surface area contributed by atoms with Gasteiger partial charge in [0.05, 0.1) is 6.54 Å². The molecule has 0 aromatic heterocycles. The first-order valence-corrected chi connectivity index (χ1v) is 8.88. The van der Waals surface area contributed by atoms with Gasteiger partial charge in [-0.05, 0) is 55.2 Å². The molecule has 1 heterocycles. The molecule has 6 heteroatoms. The second-order valence-corrected chi connectivity index (χ2v) is 6.52. The first kappa shape index (κ1) is 17.8. The number of likely N-dealkylation sites (tertiary alicyclic amines) is 1. The summed E-state index contributed by atoms with van der Waals surface area (Å²) in [4.78, 5) is 18.4. The molecule has 4 N–H and O–H groups in total. The molecule has 2 aromatic carbocycles. The Morgan fingerprint density at radius 3 is 2.50 bits per heavy atom. The third-order valence-electron chi connectivity index (χ3n) is 4.29.